The van der Waals surface area contributed by atoms with Gasteiger partial charge in [-0.05, 0) is 0 Å². The summed E-state index contributed by atoms with van der Waals surface area (Å²) in [7, 11) is 0. The van der Waals surface area contributed by atoms with Crippen LogP contribution in [-0.4, -0.2) is 42.0 Å². The Balaban J connectivity index is 2.16. The van der Waals surface area contributed by atoms with Crippen LogP contribution in [0.1, 0.15) is 6.42 Å². The summed E-state index contributed by atoms with van der Waals surface area (Å²) in [6.07, 6.45) is 3.66. The minimum absolute atomic E-state index is 0.345. The van der Waals surface area contributed by atoms with Gasteiger partial charge in [0.15, 0.2) is 0 Å². The van der Waals surface area contributed by atoms with Gasteiger partial charge in [0.2, 0.25) is 6.04 Å². The van der Waals surface area contributed by atoms with E-state index in [2.05, 4.69) is 16.3 Å². The molecule has 0 spiro atoms. The first-order valence-corrected chi connectivity index (χ1v) is 5.64. The van der Waals surface area contributed by atoms with Gasteiger partial charge in [0, 0.05) is 43.6 Å². The number of piperazine rings is 1. The van der Waals surface area contributed by atoms with Crippen LogP contribution in [0.15, 0.2) is 23.4 Å². The molecule has 1 unspecified atom stereocenters. The monoisotopic (exact) mass is 234 g/mol. The molecule has 0 aromatic heterocycles. The highest BCUT2D eigenvalue weighted by atomic mass is 16.6. The normalized spacial score (nSPS) is 24.6. The number of nitriles is 1. The van der Waals surface area contributed by atoms with Crippen LogP contribution < -0.4 is 5.32 Å². The molecule has 1 fully saturated rings. The van der Waals surface area contributed by atoms with Gasteiger partial charge in [-0.25, -0.2) is 0 Å². The Kier molecular flexibility index (Phi) is 3.40. The second kappa shape index (κ2) is 4.97. The molecule has 1 N–H and O–H groups in total. The van der Waals surface area contributed by atoms with E-state index in [1.807, 2.05) is 6.08 Å². The molecule has 0 aromatic rings. The van der Waals surface area contributed by atoms with E-state index in [1.54, 1.807) is 0 Å². The molecule has 0 aromatic carbocycles. The van der Waals surface area contributed by atoms with Crippen molar-refractivity contribution in [3.63, 3.8) is 0 Å². The van der Waals surface area contributed by atoms with Crippen LogP contribution in [0.2, 0.25) is 0 Å². The average molecular weight is 234 g/mol. The number of allylic oxidation sites excluding steroid dienone is 1. The van der Waals surface area contributed by atoms with E-state index in [1.165, 1.54) is 6.08 Å². The highest BCUT2D eigenvalue weighted by Crippen LogP contribution is 2.23. The summed E-state index contributed by atoms with van der Waals surface area (Å²) in [4.78, 5) is 12.5. The number of hydrogen-bond donors (Lipinski definition) is 1. The first kappa shape index (κ1) is 11.6. The van der Waals surface area contributed by atoms with Crippen molar-refractivity contribution in [2.24, 2.45) is 0 Å². The van der Waals surface area contributed by atoms with Crippen LogP contribution in [0.25, 0.3) is 0 Å². The molecular formula is C11H14N4O2. The zero-order chi connectivity index (χ0) is 12.3. The first-order valence-electron chi connectivity index (χ1n) is 5.64. The predicted octanol–water partition coefficient (Wildman–Crippen LogP) is 0.274. The zero-order valence-corrected chi connectivity index (χ0v) is 9.43. The van der Waals surface area contributed by atoms with Gasteiger partial charge in [0.05, 0.1) is 11.3 Å². The van der Waals surface area contributed by atoms with Gasteiger partial charge in [-0.15, -0.1) is 0 Å². The van der Waals surface area contributed by atoms with Crippen molar-refractivity contribution in [3.05, 3.63) is 33.5 Å². The van der Waals surface area contributed by atoms with Crippen molar-refractivity contribution in [1.82, 2.24) is 10.2 Å². The van der Waals surface area contributed by atoms with Crippen LogP contribution in [0, 0.1) is 21.4 Å². The molecule has 1 saturated heterocycles. The lowest BCUT2D eigenvalue weighted by Gasteiger charge is -2.32. The Morgan fingerprint density at radius 2 is 2.24 bits per heavy atom. The molecule has 0 radical (unpaired) electrons. The van der Waals surface area contributed by atoms with Gasteiger partial charge in [-0.2, -0.15) is 5.26 Å². The van der Waals surface area contributed by atoms with E-state index < -0.39 is 6.04 Å². The summed E-state index contributed by atoms with van der Waals surface area (Å²) < 4.78 is 0. The highest BCUT2D eigenvalue weighted by molar-refractivity contribution is 5.44. The molecule has 6 nitrogen and oxygen atoms in total. The fourth-order valence-corrected chi connectivity index (χ4v) is 2.13. The van der Waals surface area contributed by atoms with Crippen molar-refractivity contribution < 1.29 is 4.92 Å². The fourth-order valence-electron chi connectivity index (χ4n) is 2.13. The Labute approximate surface area is 99.4 Å². The van der Waals surface area contributed by atoms with Crippen LogP contribution in [0.3, 0.4) is 0 Å². The van der Waals surface area contributed by atoms with E-state index in [0.717, 1.165) is 31.9 Å². The number of nitro groups is 1. The third-order valence-electron chi connectivity index (χ3n) is 3.04. The number of nitrogens with zero attached hydrogens (tertiary/aromatic N) is 3. The SMILES string of the molecule is N#CC1=CC([N+](=O)[O-])CC=C1N1CCNCC1. The van der Waals surface area contributed by atoms with Crippen molar-refractivity contribution in [2.75, 3.05) is 26.2 Å². The Hall–Kier alpha value is -1.87. The summed E-state index contributed by atoms with van der Waals surface area (Å²) in [6.45, 7) is 3.45. The van der Waals surface area contributed by atoms with Crippen molar-refractivity contribution >= 4 is 0 Å². The standard InChI is InChI=1S/C11H14N4O2/c12-8-9-7-10(15(16)17)1-2-11(9)14-5-3-13-4-6-14/h2,7,10,13H,1,3-6H2. The predicted molar refractivity (Wildman–Crippen MR) is 61.6 cm³/mol. The third-order valence-corrected chi connectivity index (χ3v) is 3.04. The summed E-state index contributed by atoms with van der Waals surface area (Å²) in [5.41, 5.74) is 1.28. The molecule has 6 heteroatoms. The number of rotatable bonds is 2. The fraction of sp³-hybridized carbons (Fsp3) is 0.545. The summed E-state index contributed by atoms with van der Waals surface area (Å²) in [5, 5.41) is 23.0. The van der Waals surface area contributed by atoms with Gasteiger partial charge in [0.1, 0.15) is 6.07 Å². The van der Waals surface area contributed by atoms with Crippen LogP contribution in [0.4, 0.5) is 0 Å². The molecule has 90 valence electrons. The zero-order valence-electron chi connectivity index (χ0n) is 9.43. The Morgan fingerprint density at radius 3 is 2.82 bits per heavy atom. The third kappa shape index (κ3) is 2.45. The molecule has 2 rings (SSSR count). The summed E-state index contributed by atoms with van der Waals surface area (Å²) in [5.74, 6) is 0. The molecule has 17 heavy (non-hydrogen) atoms. The maximum atomic E-state index is 10.7. The van der Waals surface area contributed by atoms with Crippen molar-refractivity contribution in [2.45, 2.75) is 12.5 Å². The molecular weight excluding hydrogens is 220 g/mol. The molecule has 1 aliphatic heterocycles. The van der Waals surface area contributed by atoms with Crippen LogP contribution in [-0.2, 0) is 0 Å². The second-order valence-electron chi connectivity index (χ2n) is 4.11. The van der Waals surface area contributed by atoms with Crippen molar-refractivity contribution in [3.8, 4) is 6.07 Å². The van der Waals surface area contributed by atoms with Gasteiger partial charge in [-0.3, -0.25) is 10.1 Å². The van der Waals surface area contributed by atoms with E-state index in [0.29, 0.717) is 12.0 Å². The number of hydrogen-bond acceptors (Lipinski definition) is 5. The average Bonchev–Trinajstić information content (AvgIpc) is 2.39. The molecule has 1 atom stereocenters. The highest BCUT2D eigenvalue weighted by Gasteiger charge is 2.26. The molecule has 0 bridgehead atoms. The van der Waals surface area contributed by atoms with Gasteiger partial charge < -0.3 is 10.2 Å². The topological polar surface area (TPSA) is 82.2 Å². The van der Waals surface area contributed by atoms with Crippen molar-refractivity contribution in [1.29, 1.82) is 5.26 Å². The van der Waals surface area contributed by atoms with Gasteiger partial charge in [0.25, 0.3) is 0 Å². The maximum Gasteiger partial charge on any atom is 0.236 e. The molecule has 1 heterocycles. The molecule has 0 saturated carbocycles. The van der Waals surface area contributed by atoms with E-state index in [-0.39, 0.29) is 4.92 Å². The smallest absolute Gasteiger partial charge is 0.236 e. The van der Waals surface area contributed by atoms with Crippen LogP contribution >= 0.6 is 0 Å². The molecule has 2 aliphatic rings. The Morgan fingerprint density at radius 1 is 1.53 bits per heavy atom. The minimum Gasteiger partial charge on any atom is -0.368 e. The van der Waals surface area contributed by atoms with Gasteiger partial charge in [-0.1, -0.05) is 6.08 Å². The maximum absolute atomic E-state index is 10.7. The van der Waals surface area contributed by atoms with E-state index in [9.17, 15) is 10.1 Å². The number of nitrogens with one attached hydrogen (secondary N) is 1. The lowest BCUT2D eigenvalue weighted by molar-refractivity contribution is -0.508. The lowest BCUT2D eigenvalue weighted by atomic mass is 9.99. The Bertz CT molecular complexity index is 416. The first-order chi connectivity index (χ1) is 8.22. The molecule has 1 aliphatic carbocycles. The van der Waals surface area contributed by atoms with Crippen LogP contribution in [0.5, 0.6) is 0 Å². The molecule has 0 amide bonds. The lowest BCUT2D eigenvalue weighted by Crippen LogP contribution is -2.43. The summed E-state index contributed by atoms with van der Waals surface area (Å²) >= 11 is 0. The minimum atomic E-state index is -0.753. The van der Waals surface area contributed by atoms with Gasteiger partial charge >= 0.3 is 0 Å². The largest absolute Gasteiger partial charge is 0.368 e. The summed E-state index contributed by atoms with van der Waals surface area (Å²) in [6, 6.07) is 1.31. The van der Waals surface area contributed by atoms with E-state index >= 15 is 0 Å². The van der Waals surface area contributed by atoms with E-state index in [4.69, 9.17) is 5.26 Å². The second-order valence-corrected chi connectivity index (χ2v) is 4.11. The quantitative estimate of drug-likeness (QED) is 0.548.